The van der Waals surface area contributed by atoms with E-state index >= 15 is 0 Å². The molecule has 1 unspecified atom stereocenters. The Bertz CT molecular complexity index is 172. The van der Waals surface area contributed by atoms with E-state index in [-0.39, 0.29) is 6.17 Å². The molecule has 0 saturated carbocycles. The second-order valence-corrected chi connectivity index (χ2v) is 6.98. The number of hydrogen-bond donors (Lipinski definition) is 3. The van der Waals surface area contributed by atoms with E-state index < -0.39 is 8.80 Å². The van der Waals surface area contributed by atoms with Crippen LogP contribution in [0.2, 0.25) is 6.04 Å². The zero-order chi connectivity index (χ0) is 13.1. The predicted molar refractivity (Wildman–Crippen MR) is 70.7 cm³/mol. The lowest BCUT2D eigenvalue weighted by Gasteiger charge is -2.24. The molecule has 0 fully saturated rings. The van der Waals surface area contributed by atoms with Gasteiger partial charge in [-0.2, -0.15) is 0 Å². The minimum atomic E-state index is -2.38. The third-order valence-electron chi connectivity index (χ3n) is 2.54. The summed E-state index contributed by atoms with van der Waals surface area (Å²) in [6, 6.07) is 0.824. The van der Waals surface area contributed by atoms with Gasteiger partial charge in [-0.05, 0) is 19.9 Å². The monoisotopic (exact) mass is 265 g/mol. The van der Waals surface area contributed by atoms with E-state index in [0.29, 0.717) is 0 Å². The number of nitrogens with two attached hydrogens (primary N) is 1. The van der Waals surface area contributed by atoms with Gasteiger partial charge in [-0.1, -0.05) is 0 Å². The van der Waals surface area contributed by atoms with Crippen molar-refractivity contribution in [2.24, 2.45) is 5.73 Å². The first-order valence-corrected chi connectivity index (χ1v) is 7.88. The molecule has 6 nitrogen and oxygen atoms in total. The Morgan fingerprint density at radius 2 is 1.65 bits per heavy atom. The third-order valence-corrected chi connectivity index (χ3v) is 5.37. The number of nitrogens with one attached hydrogen (secondary N) is 2. The molecule has 1 atom stereocenters. The van der Waals surface area contributed by atoms with E-state index in [2.05, 4.69) is 10.6 Å². The molecular weight excluding hydrogens is 238 g/mol. The van der Waals surface area contributed by atoms with Gasteiger partial charge in [0, 0.05) is 40.5 Å². The zero-order valence-electron chi connectivity index (χ0n) is 11.4. The maximum atomic E-state index is 5.56. The fourth-order valence-corrected chi connectivity index (χ4v) is 3.22. The summed E-state index contributed by atoms with van der Waals surface area (Å²) in [5.41, 5.74) is 5.56. The minimum absolute atomic E-state index is 0.0485. The van der Waals surface area contributed by atoms with Crippen molar-refractivity contribution in [3.8, 4) is 0 Å². The highest BCUT2D eigenvalue weighted by Gasteiger charge is 2.36. The molecule has 0 aliphatic rings. The largest absolute Gasteiger partial charge is 0.500 e. The second-order valence-electron chi connectivity index (χ2n) is 3.89. The van der Waals surface area contributed by atoms with E-state index in [1.807, 2.05) is 6.92 Å². The van der Waals surface area contributed by atoms with Gasteiger partial charge in [-0.25, -0.2) is 0 Å². The van der Waals surface area contributed by atoms with Crippen molar-refractivity contribution in [2.45, 2.75) is 25.6 Å². The average molecular weight is 265 g/mol. The first-order valence-electron chi connectivity index (χ1n) is 5.95. The quantitative estimate of drug-likeness (QED) is 0.271. The molecule has 0 saturated heterocycles. The van der Waals surface area contributed by atoms with Gasteiger partial charge in [-0.3, -0.25) is 0 Å². The van der Waals surface area contributed by atoms with Crippen LogP contribution in [0.5, 0.6) is 0 Å². The van der Waals surface area contributed by atoms with E-state index in [1.54, 1.807) is 21.3 Å². The van der Waals surface area contributed by atoms with Crippen molar-refractivity contribution in [1.82, 2.24) is 10.6 Å². The maximum Gasteiger partial charge on any atom is 0.500 e. The molecule has 0 rings (SSSR count). The predicted octanol–water partition coefficient (Wildman–Crippen LogP) is -0.261. The van der Waals surface area contributed by atoms with Gasteiger partial charge >= 0.3 is 8.80 Å². The topological polar surface area (TPSA) is 77.8 Å². The zero-order valence-corrected chi connectivity index (χ0v) is 12.4. The van der Waals surface area contributed by atoms with Crippen molar-refractivity contribution in [1.29, 1.82) is 0 Å². The van der Waals surface area contributed by atoms with Crippen LogP contribution < -0.4 is 16.4 Å². The molecule has 0 spiro atoms. The summed E-state index contributed by atoms with van der Waals surface area (Å²) in [6.45, 7) is 4.63. The molecule has 0 aliphatic carbocycles. The van der Waals surface area contributed by atoms with Gasteiger partial charge in [-0.15, -0.1) is 0 Å². The summed E-state index contributed by atoms with van der Waals surface area (Å²) in [5.74, 6) is 0. The van der Waals surface area contributed by atoms with Crippen LogP contribution in [-0.4, -0.2) is 55.9 Å². The average Bonchev–Trinajstić information content (AvgIpc) is 2.33. The molecule has 0 bridgehead atoms. The molecule has 0 aliphatic heterocycles. The van der Waals surface area contributed by atoms with Gasteiger partial charge in [0.25, 0.3) is 0 Å². The fourth-order valence-electron chi connectivity index (χ4n) is 1.50. The number of hydrogen-bond acceptors (Lipinski definition) is 6. The van der Waals surface area contributed by atoms with Crippen molar-refractivity contribution >= 4 is 8.80 Å². The lowest BCUT2D eigenvalue weighted by Crippen LogP contribution is -2.43. The summed E-state index contributed by atoms with van der Waals surface area (Å²) < 4.78 is 16.0. The van der Waals surface area contributed by atoms with Crippen molar-refractivity contribution < 1.29 is 13.3 Å². The molecule has 0 heterocycles. The van der Waals surface area contributed by atoms with Gasteiger partial charge in [0.1, 0.15) is 0 Å². The molecule has 0 aromatic heterocycles. The van der Waals surface area contributed by atoms with Crippen LogP contribution in [-0.2, 0) is 13.3 Å². The highest BCUT2D eigenvalue weighted by atomic mass is 28.4. The van der Waals surface area contributed by atoms with Crippen LogP contribution in [0, 0.1) is 0 Å². The van der Waals surface area contributed by atoms with Crippen LogP contribution in [0.25, 0.3) is 0 Å². The summed E-state index contributed by atoms with van der Waals surface area (Å²) in [4.78, 5) is 0. The van der Waals surface area contributed by atoms with E-state index in [0.717, 1.165) is 32.1 Å². The normalized spacial score (nSPS) is 13.9. The van der Waals surface area contributed by atoms with Crippen LogP contribution in [0.15, 0.2) is 0 Å². The maximum absolute atomic E-state index is 5.56. The van der Waals surface area contributed by atoms with E-state index in [4.69, 9.17) is 19.0 Å². The molecule has 0 radical (unpaired) electrons. The van der Waals surface area contributed by atoms with Crippen molar-refractivity contribution in [3.05, 3.63) is 0 Å². The van der Waals surface area contributed by atoms with Crippen molar-refractivity contribution in [2.75, 3.05) is 41.0 Å². The summed E-state index contributed by atoms with van der Waals surface area (Å²) in [5, 5.41) is 6.46. The molecule has 4 N–H and O–H groups in total. The van der Waals surface area contributed by atoms with E-state index in [9.17, 15) is 0 Å². The Morgan fingerprint density at radius 3 is 2.12 bits per heavy atom. The fraction of sp³-hybridized carbons (Fsp3) is 1.00. The Morgan fingerprint density at radius 1 is 1.06 bits per heavy atom. The highest BCUT2D eigenvalue weighted by molar-refractivity contribution is 6.60. The smallest absolute Gasteiger partial charge is 0.377 e. The Hall–Kier alpha value is -0.0231. The Balaban J connectivity index is 3.49. The number of rotatable bonds is 11. The molecule has 0 aromatic rings. The Kier molecular flexibility index (Phi) is 9.94. The van der Waals surface area contributed by atoms with Crippen LogP contribution in [0.3, 0.4) is 0 Å². The standard InChI is InChI=1S/C10H27N3O3Si/c1-10(11)13-8-7-12-6-5-9-17(14-2,15-3)16-4/h10,12-13H,5-9,11H2,1-4H3. The molecule has 17 heavy (non-hydrogen) atoms. The molecule has 104 valence electrons. The van der Waals surface area contributed by atoms with Gasteiger partial charge < -0.3 is 29.6 Å². The van der Waals surface area contributed by atoms with Gasteiger partial charge in [0.15, 0.2) is 0 Å². The van der Waals surface area contributed by atoms with Gasteiger partial charge in [0.05, 0.1) is 6.17 Å². The summed E-state index contributed by atoms with van der Waals surface area (Å²) >= 11 is 0. The molecular formula is C10H27N3O3Si. The Labute approximate surface area is 106 Å². The van der Waals surface area contributed by atoms with Crippen LogP contribution in [0.4, 0.5) is 0 Å². The lowest BCUT2D eigenvalue weighted by atomic mass is 10.4. The molecule has 7 heteroatoms. The summed E-state index contributed by atoms with van der Waals surface area (Å²) in [7, 11) is 2.53. The second kappa shape index (κ2) is 9.95. The lowest BCUT2D eigenvalue weighted by molar-refractivity contribution is 0.123. The van der Waals surface area contributed by atoms with Gasteiger partial charge in [0.2, 0.25) is 0 Å². The third kappa shape index (κ3) is 7.82. The summed E-state index contributed by atoms with van der Waals surface area (Å²) in [6.07, 6.45) is 1.02. The minimum Gasteiger partial charge on any atom is -0.377 e. The molecule has 0 aromatic carbocycles. The van der Waals surface area contributed by atoms with Crippen LogP contribution >= 0.6 is 0 Å². The molecule has 0 amide bonds. The SMILES string of the molecule is CO[Si](CCCNCCNC(C)N)(OC)OC. The first kappa shape index (κ1) is 17.0. The van der Waals surface area contributed by atoms with Crippen LogP contribution in [0.1, 0.15) is 13.3 Å². The van der Waals surface area contributed by atoms with Crippen molar-refractivity contribution in [3.63, 3.8) is 0 Å². The first-order chi connectivity index (χ1) is 8.10. The highest BCUT2D eigenvalue weighted by Crippen LogP contribution is 2.14. The van der Waals surface area contributed by atoms with E-state index in [1.165, 1.54) is 0 Å².